The standard InChI is InChI=1S/C15H18FNO5S/c1-10(14(18)17-7-6-11(8-17)15(19)20)9-23(21,22)13-4-2-12(16)3-5-13/h2-5,10-11H,6-9H2,1H3,(H,19,20)/t10-,11+/m1/s1. The van der Waals surface area contributed by atoms with E-state index in [0.717, 1.165) is 24.3 Å². The summed E-state index contributed by atoms with van der Waals surface area (Å²) in [6, 6.07) is 4.44. The number of likely N-dealkylation sites (tertiary alicyclic amines) is 1. The molecule has 126 valence electrons. The van der Waals surface area contributed by atoms with E-state index in [-0.39, 0.29) is 17.3 Å². The first kappa shape index (κ1) is 17.4. The van der Waals surface area contributed by atoms with Crippen molar-refractivity contribution in [2.45, 2.75) is 18.2 Å². The SMILES string of the molecule is C[C@H](CS(=O)(=O)c1ccc(F)cc1)C(=O)N1CC[C@H](C(=O)O)C1. The highest BCUT2D eigenvalue weighted by atomic mass is 32.2. The number of aliphatic carboxylic acids is 1. The average Bonchev–Trinajstić information content (AvgIpc) is 2.96. The fourth-order valence-corrected chi connectivity index (χ4v) is 4.16. The lowest BCUT2D eigenvalue weighted by atomic mass is 10.1. The number of amides is 1. The zero-order valence-corrected chi connectivity index (χ0v) is 13.4. The molecule has 1 fully saturated rings. The Labute approximate surface area is 133 Å². The van der Waals surface area contributed by atoms with Gasteiger partial charge in [0, 0.05) is 19.0 Å². The Bertz CT molecular complexity index is 701. The van der Waals surface area contributed by atoms with E-state index in [1.165, 1.54) is 11.8 Å². The van der Waals surface area contributed by atoms with Gasteiger partial charge < -0.3 is 10.0 Å². The topological polar surface area (TPSA) is 91.8 Å². The number of nitrogens with zero attached hydrogens (tertiary/aromatic N) is 1. The maximum atomic E-state index is 12.9. The number of carbonyl (C=O) groups is 2. The van der Waals surface area contributed by atoms with E-state index in [2.05, 4.69) is 0 Å². The van der Waals surface area contributed by atoms with Crippen molar-refractivity contribution in [3.63, 3.8) is 0 Å². The maximum Gasteiger partial charge on any atom is 0.308 e. The van der Waals surface area contributed by atoms with Crippen molar-refractivity contribution in [1.29, 1.82) is 0 Å². The fraction of sp³-hybridized carbons (Fsp3) is 0.467. The van der Waals surface area contributed by atoms with E-state index in [9.17, 15) is 22.4 Å². The second-order valence-electron chi connectivity index (χ2n) is 5.74. The molecule has 2 atom stereocenters. The predicted octanol–water partition coefficient (Wildman–Crippen LogP) is 1.17. The Kier molecular flexibility index (Phi) is 5.03. The van der Waals surface area contributed by atoms with Gasteiger partial charge in [0.05, 0.1) is 16.6 Å². The van der Waals surface area contributed by atoms with Crippen LogP contribution >= 0.6 is 0 Å². The highest BCUT2D eigenvalue weighted by Gasteiger charge is 2.34. The second kappa shape index (κ2) is 6.66. The van der Waals surface area contributed by atoms with Crippen LogP contribution in [0.15, 0.2) is 29.2 Å². The molecule has 2 rings (SSSR count). The van der Waals surface area contributed by atoms with Crippen LogP contribution < -0.4 is 0 Å². The smallest absolute Gasteiger partial charge is 0.308 e. The first-order valence-electron chi connectivity index (χ1n) is 7.20. The van der Waals surface area contributed by atoms with Gasteiger partial charge in [-0.25, -0.2) is 12.8 Å². The third-order valence-corrected chi connectivity index (χ3v) is 5.84. The molecule has 0 aliphatic carbocycles. The molecule has 23 heavy (non-hydrogen) atoms. The normalized spacial score (nSPS) is 19.6. The Morgan fingerprint density at radius 2 is 1.96 bits per heavy atom. The summed E-state index contributed by atoms with van der Waals surface area (Å²) in [7, 11) is -3.71. The van der Waals surface area contributed by atoms with Gasteiger partial charge in [-0.1, -0.05) is 6.92 Å². The van der Waals surface area contributed by atoms with Crippen LogP contribution in [0.4, 0.5) is 4.39 Å². The van der Waals surface area contributed by atoms with Gasteiger partial charge in [-0.15, -0.1) is 0 Å². The van der Waals surface area contributed by atoms with Crippen molar-refractivity contribution >= 4 is 21.7 Å². The van der Waals surface area contributed by atoms with E-state index >= 15 is 0 Å². The van der Waals surface area contributed by atoms with Crippen molar-refractivity contribution in [3.8, 4) is 0 Å². The summed E-state index contributed by atoms with van der Waals surface area (Å²) >= 11 is 0. The molecule has 1 heterocycles. The molecule has 0 saturated carbocycles. The van der Waals surface area contributed by atoms with Crippen LogP contribution in [0.3, 0.4) is 0 Å². The number of carboxylic acids is 1. The largest absolute Gasteiger partial charge is 0.481 e. The van der Waals surface area contributed by atoms with Gasteiger partial charge in [0.2, 0.25) is 5.91 Å². The second-order valence-corrected chi connectivity index (χ2v) is 7.78. The molecule has 6 nitrogen and oxygen atoms in total. The monoisotopic (exact) mass is 343 g/mol. The lowest BCUT2D eigenvalue weighted by Gasteiger charge is -2.20. The lowest BCUT2D eigenvalue weighted by molar-refractivity contribution is -0.141. The number of hydrogen-bond acceptors (Lipinski definition) is 4. The van der Waals surface area contributed by atoms with E-state index in [0.29, 0.717) is 13.0 Å². The number of halogens is 1. The van der Waals surface area contributed by atoms with Crippen LogP contribution in [0, 0.1) is 17.7 Å². The molecule has 1 aromatic rings. The molecule has 1 aromatic carbocycles. The van der Waals surface area contributed by atoms with E-state index in [4.69, 9.17) is 5.11 Å². The first-order valence-corrected chi connectivity index (χ1v) is 8.86. The Morgan fingerprint density at radius 3 is 2.48 bits per heavy atom. The van der Waals surface area contributed by atoms with Crippen LogP contribution in [-0.4, -0.2) is 49.1 Å². The molecule has 1 N–H and O–H groups in total. The Hall–Kier alpha value is -1.96. The highest BCUT2D eigenvalue weighted by molar-refractivity contribution is 7.91. The summed E-state index contributed by atoms with van der Waals surface area (Å²) in [6.45, 7) is 1.92. The van der Waals surface area contributed by atoms with Crippen molar-refractivity contribution in [3.05, 3.63) is 30.1 Å². The van der Waals surface area contributed by atoms with Crippen molar-refractivity contribution in [2.24, 2.45) is 11.8 Å². The van der Waals surface area contributed by atoms with Crippen LogP contribution in [0.1, 0.15) is 13.3 Å². The zero-order valence-electron chi connectivity index (χ0n) is 12.6. The van der Waals surface area contributed by atoms with Gasteiger partial charge in [-0.3, -0.25) is 9.59 Å². The molecule has 0 bridgehead atoms. The molecule has 0 spiro atoms. The lowest BCUT2D eigenvalue weighted by Crippen LogP contribution is -2.36. The van der Waals surface area contributed by atoms with Crippen molar-refractivity contribution in [2.75, 3.05) is 18.8 Å². The fourth-order valence-electron chi connectivity index (χ4n) is 2.61. The van der Waals surface area contributed by atoms with E-state index in [1.54, 1.807) is 0 Å². The Balaban J connectivity index is 2.03. The average molecular weight is 343 g/mol. The minimum Gasteiger partial charge on any atom is -0.481 e. The van der Waals surface area contributed by atoms with E-state index in [1.807, 2.05) is 0 Å². The molecule has 8 heteroatoms. The molecule has 0 unspecified atom stereocenters. The van der Waals surface area contributed by atoms with Crippen LogP contribution in [0.5, 0.6) is 0 Å². The molecule has 1 amide bonds. The molecule has 0 radical (unpaired) electrons. The number of sulfone groups is 1. The maximum absolute atomic E-state index is 12.9. The summed E-state index contributed by atoms with van der Waals surface area (Å²) in [5, 5.41) is 8.94. The van der Waals surface area contributed by atoms with Gasteiger partial charge >= 0.3 is 5.97 Å². The van der Waals surface area contributed by atoms with Gasteiger partial charge in [-0.2, -0.15) is 0 Å². The van der Waals surface area contributed by atoms with Gasteiger partial charge in [-0.05, 0) is 30.7 Å². The molecular formula is C15H18FNO5S. The third-order valence-electron chi connectivity index (χ3n) is 3.91. The number of carboxylic acid groups (broad SMARTS) is 1. The molecule has 1 aliphatic heterocycles. The summed E-state index contributed by atoms with van der Waals surface area (Å²) < 4.78 is 37.4. The minimum absolute atomic E-state index is 0.0385. The highest BCUT2D eigenvalue weighted by Crippen LogP contribution is 2.21. The molecule has 0 aromatic heterocycles. The van der Waals surface area contributed by atoms with Crippen LogP contribution in [-0.2, 0) is 19.4 Å². The zero-order chi connectivity index (χ0) is 17.2. The molecular weight excluding hydrogens is 325 g/mol. The quantitative estimate of drug-likeness (QED) is 0.810. The van der Waals surface area contributed by atoms with Crippen LogP contribution in [0.25, 0.3) is 0 Å². The number of carbonyl (C=O) groups excluding carboxylic acids is 1. The number of hydrogen-bond donors (Lipinski definition) is 1. The van der Waals surface area contributed by atoms with Gasteiger partial charge in [0.15, 0.2) is 9.84 Å². The van der Waals surface area contributed by atoms with Crippen LogP contribution in [0.2, 0.25) is 0 Å². The van der Waals surface area contributed by atoms with Crippen molar-refractivity contribution in [1.82, 2.24) is 4.90 Å². The summed E-state index contributed by atoms with van der Waals surface area (Å²) in [6.07, 6.45) is 0.374. The summed E-state index contributed by atoms with van der Waals surface area (Å²) in [4.78, 5) is 24.6. The molecule has 1 aliphatic rings. The van der Waals surface area contributed by atoms with Gasteiger partial charge in [0.1, 0.15) is 5.82 Å². The van der Waals surface area contributed by atoms with Crippen molar-refractivity contribution < 1.29 is 27.5 Å². The summed E-state index contributed by atoms with van der Waals surface area (Å²) in [5.74, 6) is -3.65. The summed E-state index contributed by atoms with van der Waals surface area (Å²) in [5.41, 5.74) is 0. The first-order chi connectivity index (χ1) is 10.7. The minimum atomic E-state index is -3.71. The number of rotatable bonds is 5. The molecule has 1 saturated heterocycles. The van der Waals surface area contributed by atoms with E-state index < -0.39 is 39.2 Å². The number of benzene rings is 1. The van der Waals surface area contributed by atoms with Gasteiger partial charge in [0.25, 0.3) is 0 Å². The Morgan fingerprint density at radius 1 is 1.35 bits per heavy atom. The third kappa shape index (κ3) is 4.07. The predicted molar refractivity (Wildman–Crippen MR) is 79.9 cm³/mol.